The lowest BCUT2D eigenvalue weighted by Gasteiger charge is -2.00. The fourth-order valence-electron chi connectivity index (χ4n) is 1.25. The largest absolute Gasteiger partial charge is 0.434 e. The van der Waals surface area contributed by atoms with Crippen LogP contribution in [0.25, 0.3) is 0 Å². The fraction of sp³-hybridized carbons (Fsp3) is 0.625. The van der Waals surface area contributed by atoms with Crippen molar-refractivity contribution in [2.75, 3.05) is 6.54 Å². The molecule has 0 spiro atoms. The molecular weight excluding hydrogens is 184 g/mol. The van der Waals surface area contributed by atoms with Gasteiger partial charge in [0.1, 0.15) is 12.4 Å². The molecule has 0 bridgehead atoms. The Hall–Kier alpha value is -1.43. The minimum Gasteiger partial charge on any atom is -0.390 e. The monoisotopic (exact) mass is 198 g/mol. The molecule has 14 heavy (non-hydrogen) atoms. The number of imidazole rings is 1. The molecule has 0 aromatic carbocycles. The molecule has 1 rings (SSSR count). The summed E-state index contributed by atoms with van der Waals surface area (Å²) < 4.78 is 1.55. The van der Waals surface area contributed by atoms with E-state index in [1.54, 1.807) is 10.8 Å². The number of aryl methyl sites for hydroxylation is 1. The van der Waals surface area contributed by atoms with E-state index < -0.39 is 4.92 Å². The van der Waals surface area contributed by atoms with Gasteiger partial charge in [-0.2, -0.15) is 0 Å². The maximum Gasteiger partial charge on any atom is 0.434 e. The molecule has 2 N–H and O–H groups in total. The minimum absolute atomic E-state index is 0.0854. The van der Waals surface area contributed by atoms with Crippen LogP contribution in [0, 0.1) is 10.1 Å². The van der Waals surface area contributed by atoms with Crippen LogP contribution in [0.15, 0.2) is 12.4 Å². The lowest BCUT2D eigenvalue weighted by molar-refractivity contribution is -0.396. The van der Waals surface area contributed by atoms with Gasteiger partial charge in [-0.05, 0) is 30.7 Å². The van der Waals surface area contributed by atoms with Crippen LogP contribution in [0.5, 0.6) is 0 Å². The quantitative estimate of drug-likeness (QED) is 0.418. The van der Waals surface area contributed by atoms with Crippen LogP contribution >= 0.6 is 0 Å². The van der Waals surface area contributed by atoms with Crippen molar-refractivity contribution >= 4 is 5.95 Å². The van der Waals surface area contributed by atoms with Crippen LogP contribution in [-0.2, 0) is 6.54 Å². The van der Waals surface area contributed by atoms with Crippen LogP contribution in [0.1, 0.15) is 19.3 Å². The molecule has 0 aliphatic rings. The second-order valence-corrected chi connectivity index (χ2v) is 3.03. The second kappa shape index (κ2) is 5.33. The summed E-state index contributed by atoms with van der Waals surface area (Å²) in [7, 11) is 0. The fourth-order valence-corrected chi connectivity index (χ4v) is 1.25. The van der Waals surface area contributed by atoms with Crippen molar-refractivity contribution < 1.29 is 4.92 Å². The van der Waals surface area contributed by atoms with Crippen LogP contribution in [0.3, 0.4) is 0 Å². The Morgan fingerprint density at radius 1 is 1.50 bits per heavy atom. The molecule has 0 unspecified atom stereocenters. The first-order valence-electron chi connectivity index (χ1n) is 4.61. The van der Waals surface area contributed by atoms with Gasteiger partial charge in [-0.15, -0.1) is 0 Å². The molecular formula is C8H14N4O2. The zero-order valence-corrected chi connectivity index (χ0v) is 7.93. The van der Waals surface area contributed by atoms with Gasteiger partial charge in [-0.1, -0.05) is 4.98 Å². The summed E-state index contributed by atoms with van der Waals surface area (Å²) in [4.78, 5) is 13.7. The molecule has 0 amide bonds. The Balaban J connectivity index is 2.42. The van der Waals surface area contributed by atoms with E-state index in [0.717, 1.165) is 19.3 Å². The van der Waals surface area contributed by atoms with Crippen LogP contribution < -0.4 is 5.73 Å². The summed E-state index contributed by atoms with van der Waals surface area (Å²) >= 11 is 0. The molecule has 78 valence electrons. The van der Waals surface area contributed by atoms with Gasteiger partial charge in [0.25, 0.3) is 0 Å². The highest BCUT2D eigenvalue weighted by atomic mass is 16.6. The van der Waals surface area contributed by atoms with Gasteiger partial charge in [0.15, 0.2) is 0 Å². The third-order valence-corrected chi connectivity index (χ3v) is 1.96. The molecule has 1 heterocycles. The number of nitrogens with zero attached hydrogens (tertiary/aromatic N) is 3. The first-order chi connectivity index (χ1) is 6.75. The van der Waals surface area contributed by atoms with E-state index >= 15 is 0 Å². The van der Waals surface area contributed by atoms with E-state index in [1.807, 2.05) is 0 Å². The van der Waals surface area contributed by atoms with E-state index in [1.165, 1.54) is 6.20 Å². The average Bonchev–Trinajstić information content (AvgIpc) is 2.60. The summed E-state index contributed by atoms with van der Waals surface area (Å²) in [6.45, 7) is 1.31. The highest BCUT2D eigenvalue weighted by Crippen LogP contribution is 2.09. The molecule has 0 fully saturated rings. The van der Waals surface area contributed by atoms with E-state index in [9.17, 15) is 10.1 Å². The second-order valence-electron chi connectivity index (χ2n) is 3.03. The predicted molar refractivity (Wildman–Crippen MR) is 51.8 cm³/mol. The number of rotatable bonds is 6. The van der Waals surface area contributed by atoms with Crippen molar-refractivity contribution in [3.63, 3.8) is 0 Å². The van der Waals surface area contributed by atoms with E-state index in [4.69, 9.17) is 5.73 Å². The van der Waals surface area contributed by atoms with Crippen molar-refractivity contribution in [1.82, 2.24) is 9.55 Å². The van der Waals surface area contributed by atoms with Gasteiger partial charge in [0.2, 0.25) is 0 Å². The summed E-state index contributed by atoms with van der Waals surface area (Å²) in [6.07, 6.45) is 5.92. The first kappa shape index (κ1) is 10.6. The molecule has 6 heteroatoms. The topological polar surface area (TPSA) is 87.0 Å². The molecule has 6 nitrogen and oxygen atoms in total. The molecule has 0 radical (unpaired) electrons. The maximum absolute atomic E-state index is 10.5. The third-order valence-electron chi connectivity index (χ3n) is 1.96. The number of hydrogen-bond acceptors (Lipinski definition) is 4. The number of nitrogens with two attached hydrogens (primary N) is 1. The van der Waals surface area contributed by atoms with E-state index in [0.29, 0.717) is 13.1 Å². The van der Waals surface area contributed by atoms with Crippen LogP contribution in [-0.4, -0.2) is 21.0 Å². The molecule has 0 aliphatic carbocycles. The maximum atomic E-state index is 10.5. The van der Waals surface area contributed by atoms with Crippen molar-refractivity contribution in [2.24, 2.45) is 5.73 Å². The van der Waals surface area contributed by atoms with Crippen molar-refractivity contribution in [2.45, 2.75) is 25.8 Å². The summed E-state index contributed by atoms with van der Waals surface area (Å²) in [5.74, 6) is -0.0854. The van der Waals surface area contributed by atoms with Crippen LogP contribution in [0.4, 0.5) is 5.95 Å². The Morgan fingerprint density at radius 2 is 2.29 bits per heavy atom. The molecule has 0 saturated carbocycles. The van der Waals surface area contributed by atoms with Crippen molar-refractivity contribution in [3.05, 3.63) is 22.5 Å². The number of aromatic nitrogens is 2. The van der Waals surface area contributed by atoms with Crippen molar-refractivity contribution in [3.8, 4) is 0 Å². The highest BCUT2D eigenvalue weighted by molar-refractivity contribution is 5.06. The SMILES string of the molecule is NCCCCCn1ccnc1[N+](=O)[O-]. The smallest absolute Gasteiger partial charge is 0.390 e. The van der Waals surface area contributed by atoms with Crippen LogP contribution in [0.2, 0.25) is 0 Å². The average molecular weight is 198 g/mol. The normalized spacial score (nSPS) is 10.4. The third kappa shape index (κ3) is 2.81. The summed E-state index contributed by atoms with van der Waals surface area (Å²) in [5.41, 5.74) is 5.34. The van der Waals surface area contributed by atoms with Gasteiger partial charge < -0.3 is 15.8 Å². The zero-order chi connectivity index (χ0) is 10.4. The molecule has 1 aromatic rings. The van der Waals surface area contributed by atoms with E-state index in [2.05, 4.69) is 4.98 Å². The Morgan fingerprint density at radius 3 is 2.93 bits per heavy atom. The molecule has 1 aromatic heterocycles. The molecule has 0 aliphatic heterocycles. The number of nitro groups is 1. The summed E-state index contributed by atoms with van der Waals surface area (Å²) in [6, 6.07) is 0. The predicted octanol–water partition coefficient (Wildman–Crippen LogP) is 0.920. The standard InChI is InChI=1S/C8H14N4O2/c9-4-2-1-3-6-11-7-5-10-8(11)12(13)14/h5,7H,1-4,6,9H2. The van der Waals surface area contributed by atoms with Crippen molar-refractivity contribution in [1.29, 1.82) is 0 Å². The lowest BCUT2D eigenvalue weighted by atomic mass is 10.2. The first-order valence-corrected chi connectivity index (χ1v) is 4.61. The van der Waals surface area contributed by atoms with Gasteiger partial charge in [-0.25, -0.2) is 4.57 Å². The minimum atomic E-state index is -0.469. The number of unbranched alkanes of at least 4 members (excludes halogenated alkanes) is 2. The van der Waals surface area contributed by atoms with Gasteiger partial charge in [0.05, 0.1) is 6.54 Å². The number of hydrogen-bond donors (Lipinski definition) is 1. The zero-order valence-electron chi connectivity index (χ0n) is 7.93. The molecule has 0 saturated heterocycles. The summed E-state index contributed by atoms with van der Waals surface area (Å²) in [5, 5.41) is 10.5. The van der Waals surface area contributed by atoms with E-state index in [-0.39, 0.29) is 5.95 Å². The van der Waals surface area contributed by atoms with Gasteiger partial charge in [0, 0.05) is 0 Å². The molecule has 0 atom stereocenters. The Kier molecular flexibility index (Phi) is 4.06. The Bertz CT molecular complexity index is 297. The van der Waals surface area contributed by atoms with Gasteiger partial charge >= 0.3 is 5.95 Å². The lowest BCUT2D eigenvalue weighted by Crippen LogP contribution is -2.04. The highest BCUT2D eigenvalue weighted by Gasteiger charge is 2.12. The Labute approximate surface area is 81.9 Å². The van der Waals surface area contributed by atoms with Gasteiger partial charge in [-0.3, -0.25) is 0 Å².